The fourth-order valence-corrected chi connectivity index (χ4v) is 1.89. The average Bonchev–Trinajstić information content (AvgIpc) is 2.25. The molecule has 3 N–H and O–H groups in total. The van der Waals surface area contributed by atoms with Gasteiger partial charge in [0.2, 0.25) is 5.95 Å². The van der Waals surface area contributed by atoms with Crippen LogP contribution in [0.3, 0.4) is 0 Å². The Balaban J connectivity index is 1.98. The first kappa shape index (κ1) is 10.3. The van der Waals surface area contributed by atoms with Gasteiger partial charge in [-0.25, -0.2) is 14.4 Å². The van der Waals surface area contributed by atoms with Gasteiger partial charge in [0.05, 0.1) is 12.4 Å². The van der Waals surface area contributed by atoms with Crippen LogP contribution >= 0.6 is 0 Å². The minimum absolute atomic E-state index is 0.146. The van der Waals surface area contributed by atoms with Gasteiger partial charge in [0.25, 0.3) is 0 Å². The number of nitrogens with two attached hydrogens (primary N) is 1. The minimum atomic E-state index is -0.423. The summed E-state index contributed by atoms with van der Waals surface area (Å²) in [5.41, 5.74) is 5.96. The van der Waals surface area contributed by atoms with E-state index in [2.05, 4.69) is 15.3 Å². The predicted molar refractivity (Wildman–Crippen MR) is 55.8 cm³/mol. The number of nitrogens with one attached hydrogen (secondary N) is 1. The highest BCUT2D eigenvalue weighted by atomic mass is 19.1. The summed E-state index contributed by atoms with van der Waals surface area (Å²) in [5, 5.41) is 3.14. The molecule has 0 saturated heterocycles. The minimum Gasteiger partial charge on any atom is -0.350 e. The maximum absolute atomic E-state index is 12.6. The smallest absolute Gasteiger partial charge is 0.223 e. The number of halogens is 1. The summed E-state index contributed by atoms with van der Waals surface area (Å²) in [6, 6.07) is 0.358. The zero-order valence-corrected chi connectivity index (χ0v) is 8.49. The van der Waals surface area contributed by atoms with Gasteiger partial charge in [0, 0.05) is 12.1 Å². The van der Waals surface area contributed by atoms with Gasteiger partial charge < -0.3 is 11.1 Å². The van der Waals surface area contributed by atoms with Crippen molar-refractivity contribution in [2.75, 3.05) is 5.32 Å². The number of aromatic nitrogens is 2. The SMILES string of the molecule is N[C@H]1CCCC[C@@H]1Nc1ncc(F)cn1. The van der Waals surface area contributed by atoms with E-state index in [4.69, 9.17) is 5.73 Å². The molecule has 2 atom stereocenters. The van der Waals surface area contributed by atoms with Crippen molar-refractivity contribution in [3.05, 3.63) is 18.2 Å². The molecule has 0 radical (unpaired) electrons. The van der Waals surface area contributed by atoms with E-state index in [1.54, 1.807) is 0 Å². The van der Waals surface area contributed by atoms with Crippen molar-refractivity contribution in [1.29, 1.82) is 0 Å². The highest BCUT2D eigenvalue weighted by Gasteiger charge is 2.21. The lowest BCUT2D eigenvalue weighted by molar-refractivity contribution is 0.402. The van der Waals surface area contributed by atoms with E-state index < -0.39 is 5.82 Å². The molecule has 0 unspecified atom stereocenters. The van der Waals surface area contributed by atoms with Crippen molar-refractivity contribution >= 4 is 5.95 Å². The van der Waals surface area contributed by atoms with Crippen LogP contribution in [0.5, 0.6) is 0 Å². The van der Waals surface area contributed by atoms with Crippen LogP contribution in [0, 0.1) is 5.82 Å². The van der Waals surface area contributed by atoms with Crippen molar-refractivity contribution in [2.24, 2.45) is 5.73 Å². The Morgan fingerprint density at radius 3 is 2.60 bits per heavy atom. The summed E-state index contributed by atoms with van der Waals surface area (Å²) in [5.74, 6) is 0.0345. The Labute approximate surface area is 88.1 Å². The number of hydrogen-bond acceptors (Lipinski definition) is 4. The van der Waals surface area contributed by atoms with Gasteiger partial charge in [-0.3, -0.25) is 0 Å². The van der Waals surface area contributed by atoms with Crippen LogP contribution in [0.4, 0.5) is 10.3 Å². The van der Waals surface area contributed by atoms with Crippen molar-refractivity contribution < 1.29 is 4.39 Å². The maximum atomic E-state index is 12.6. The predicted octanol–water partition coefficient (Wildman–Crippen LogP) is 1.30. The lowest BCUT2D eigenvalue weighted by Gasteiger charge is -2.29. The quantitative estimate of drug-likeness (QED) is 0.772. The average molecular weight is 210 g/mol. The Morgan fingerprint density at radius 1 is 1.27 bits per heavy atom. The van der Waals surface area contributed by atoms with Crippen LogP contribution in [-0.2, 0) is 0 Å². The summed E-state index contributed by atoms with van der Waals surface area (Å²) in [7, 11) is 0. The molecule has 0 amide bonds. The maximum Gasteiger partial charge on any atom is 0.223 e. The summed E-state index contributed by atoms with van der Waals surface area (Å²) in [6.45, 7) is 0. The molecule has 0 bridgehead atoms. The zero-order chi connectivity index (χ0) is 10.7. The molecule has 2 rings (SSSR count). The highest BCUT2D eigenvalue weighted by Crippen LogP contribution is 2.19. The van der Waals surface area contributed by atoms with E-state index in [1.165, 1.54) is 12.8 Å². The third-order valence-corrected chi connectivity index (χ3v) is 2.75. The third kappa shape index (κ3) is 2.62. The Kier molecular flexibility index (Phi) is 3.11. The molecular weight excluding hydrogens is 195 g/mol. The zero-order valence-electron chi connectivity index (χ0n) is 8.49. The van der Waals surface area contributed by atoms with Gasteiger partial charge >= 0.3 is 0 Å². The normalized spacial score (nSPS) is 26.3. The molecule has 0 spiro atoms. The van der Waals surface area contributed by atoms with Gasteiger partial charge in [-0.1, -0.05) is 12.8 Å². The van der Waals surface area contributed by atoms with E-state index in [0.29, 0.717) is 5.95 Å². The Hall–Kier alpha value is -1.23. The molecule has 1 aromatic heterocycles. The molecule has 0 aromatic carbocycles. The van der Waals surface area contributed by atoms with E-state index in [1.807, 2.05) is 0 Å². The van der Waals surface area contributed by atoms with Gasteiger partial charge in [-0.15, -0.1) is 0 Å². The molecule has 5 heteroatoms. The molecule has 1 aliphatic rings. The number of anilines is 1. The molecular formula is C10H15FN4. The van der Waals surface area contributed by atoms with E-state index in [9.17, 15) is 4.39 Å². The molecule has 1 saturated carbocycles. The van der Waals surface area contributed by atoms with Crippen LogP contribution < -0.4 is 11.1 Å². The second-order valence-electron chi connectivity index (χ2n) is 3.92. The van der Waals surface area contributed by atoms with E-state index >= 15 is 0 Å². The van der Waals surface area contributed by atoms with Crippen molar-refractivity contribution in [2.45, 2.75) is 37.8 Å². The van der Waals surface area contributed by atoms with Gasteiger partial charge in [-0.05, 0) is 12.8 Å². The molecule has 1 aromatic rings. The van der Waals surface area contributed by atoms with Gasteiger partial charge in [-0.2, -0.15) is 0 Å². The van der Waals surface area contributed by atoms with E-state index in [0.717, 1.165) is 25.2 Å². The number of rotatable bonds is 2. The van der Waals surface area contributed by atoms with Crippen molar-refractivity contribution in [3.63, 3.8) is 0 Å². The van der Waals surface area contributed by atoms with Crippen LogP contribution in [0.2, 0.25) is 0 Å². The van der Waals surface area contributed by atoms with Crippen LogP contribution in [0.1, 0.15) is 25.7 Å². The first-order chi connectivity index (χ1) is 7.25. The fraction of sp³-hybridized carbons (Fsp3) is 0.600. The third-order valence-electron chi connectivity index (χ3n) is 2.75. The highest BCUT2D eigenvalue weighted by molar-refractivity contribution is 5.25. The second kappa shape index (κ2) is 4.53. The van der Waals surface area contributed by atoms with Crippen LogP contribution in [0.25, 0.3) is 0 Å². The number of hydrogen-bond donors (Lipinski definition) is 2. The fourth-order valence-electron chi connectivity index (χ4n) is 1.89. The molecule has 4 nitrogen and oxygen atoms in total. The van der Waals surface area contributed by atoms with Crippen molar-refractivity contribution in [3.8, 4) is 0 Å². The lowest BCUT2D eigenvalue weighted by Crippen LogP contribution is -2.42. The molecule has 82 valence electrons. The molecule has 1 aliphatic carbocycles. The lowest BCUT2D eigenvalue weighted by atomic mass is 9.91. The number of nitrogens with zero attached hydrogens (tertiary/aromatic N) is 2. The van der Waals surface area contributed by atoms with Crippen molar-refractivity contribution in [1.82, 2.24) is 9.97 Å². The summed E-state index contributed by atoms with van der Waals surface area (Å²) < 4.78 is 12.6. The van der Waals surface area contributed by atoms with E-state index in [-0.39, 0.29) is 12.1 Å². The first-order valence-electron chi connectivity index (χ1n) is 5.25. The van der Waals surface area contributed by atoms with Gasteiger partial charge in [0.15, 0.2) is 5.82 Å². The molecule has 0 aliphatic heterocycles. The van der Waals surface area contributed by atoms with Gasteiger partial charge in [0.1, 0.15) is 0 Å². The topological polar surface area (TPSA) is 63.8 Å². The first-order valence-corrected chi connectivity index (χ1v) is 5.25. The molecule has 1 fully saturated rings. The standard InChI is InChI=1S/C10H15FN4/c11-7-5-13-10(14-6-7)15-9-4-2-1-3-8(9)12/h5-6,8-9H,1-4,12H2,(H,13,14,15)/t8-,9-/m0/s1. The van der Waals surface area contributed by atoms with Crippen LogP contribution in [0.15, 0.2) is 12.4 Å². The summed E-state index contributed by atoms with van der Waals surface area (Å²) in [6.07, 6.45) is 6.73. The molecule has 1 heterocycles. The Morgan fingerprint density at radius 2 is 1.93 bits per heavy atom. The monoisotopic (exact) mass is 210 g/mol. The second-order valence-corrected chi connectivity index (χ2v) is 3.92. The Bertz CT molecular complexity index is 314. The van der Waals surface area contributed by atoms with Crippen LogP contribution in [-0.4, -0.2) is 22.1 Å². The molecule has 15 heavy (non-hydrogen) atoms. The summed E-state index contributed by atoms with van der Waals surface area (Å²) >= 11 is 0. The largest absolute Gasteiger partial charge is 0.350 e. The summed E-state index contributed by atoms with van der Waals surface area (Å²) in [4.78, 5) is 7.71.